The maximum Gasteiger partial charge on any atom is 0.303 e. The molecule has 0 atom stereocenters. The summed E-state index contributed by atoms with van der Waals surface area (Å²) < 4.78 is 0. The van der Waals surface area contributed by atoms with Crippen molar-refractivity contribution in [2.45, 2.75) is 139 Å². The molecule has 1 aliphatic rings. The molecule has 62 heavy (non-hydrogen) atoms. The van der Waals surface area contributed by atoms with Crippen molar-refractivity contribution in [1.29, 1.82) is 0 Å². The van der Waals surface area contributed by atoms with Crippen LogP contribution in [0.25, 0.3) is 0 Å². The predicted octanol–water partition coefficient (Wildman–Crippen LogP) is 0.856. The molecule has 352 valence electrons. The molecular weight excluding hydrogens is 820 g/mol. The van der Waals surface area contributed by atoms with Crippen LogP contribution in [0, 0.1) is 0 Å². The van der Waals surface area contributed by atoms with Gasteiger partial charge in [0.1, 0.15) is 0 Å². The number of amides is 4. The third-order valence-corrected chi connectivity index (χ3v) is 10.7. The van der Waals surface area contributed by atoms with Gasteiger partial charge in [-0.2, -0.15) is 0 Å². The number of hydrogen-bond acceptors (Lipinski definition) is 12. The van der Waals surface area contributed by atoms with Crippen molar-refractivity contribution in [3.63, 3.8) is 0 Å². The summed E-state index contributed by atoms with van der Waals surface area (Å²) in [4.78, 5) is 122. The molecule has 0 spiro atoms. The second-order valence-corrected chi connectivity index (χ2v) is 15.8. The molecule has 0 bridgehead atoms. The first-order valence-corrected chi connectivity index (χ1v) is 21.1. The molecule has 1 saturated heterocycles. The topological polar surface area (TPSA) is 347 Å². The molecule has 1 fully saturated rings. The molecule has 1 aliphatic heterocycles. The monoisotopic (exact) mass is 886 g/mol. The van der Waals surface area contributed by atoms with Gasteiger partial charge in [-0.15, -0.1) is 0 Å². The summed E-state index contributed by atoms with van der Waals surface area (Å²) in [5, 5.41) is 65.9. The van der Waals surface area contributed by atoms with Crippen molar-refractivity contribution in [3.05, 3.63) is 0 Å². The third-order valence-electron chi connectivity index (χ3n) is 10.7. The molecule has 0 aromatic carbocycles. The Kier molecular flexibility index (Phi) is 26.3. The van der Waals surface area contributed by atoms with Crippen LogP contribution in [-0.2, 0) is 47.9 Å². The van der Waals surface area contributed by atoms with Gasteiger partial charge in [0, 0.05) is 115 Å². The lowest BCUT2D eigenvalue weighted by atomic mass is 9.83. The van der Waals surface area contributed by atoms with Gasteiger partial charge < -0.3 is 61.7 Å². The van der Waals surface area contributed by atoms with Crippen molar-refractivity contribution >= 4 is 59.4 Å². The van der Waals surface area contributed by atoms with Crippen molar-refractivity contribution in [1.82, 2.24) is 31.1 Å². The van der Waals surface area contributed by atoms with E-state index in [-0.39, 0.29) is 127 Å². The zero-order valence-electron chi connectivity index (χ0n) is 35.5. The number of carboxylic acid groups (broad SMARTS) is 6. The summed E-state index contributed by atoms with van der Waals surface area (Å²) >= 11 is 0. The lowest BCUT2D eigenvalue weighted by molar-refractivity contribution is -0.141. The van der Waals surface area contributed by atoms with Crippen molar-refractivity contribution in [3.8, 4) is 0 Å². The van der Waals surface area contributed by atoms with Gasteiger partial charge >= 0.3 is 35.8 Å². The zero-order chi connectivity index (χ0) is 46.6. The van der Waals surface area contributed by atoms with Crippen molar-refractivity contribution in [2.24, 2.45) is 0 Å². The molecule has 0 radical (unpaired) electrons. The van der Waals surface area contributed by atoms with Gasteiger partial charge in [-0.1, -0.05) is 0 Å². The third kappa shape index (κ3) is 26.7. The van der Waals surface area contributed by atoms with Crippen molar-refractivity contribution in [2.75, 3.05) is 52.4 Å². The average molecular weight is 887 g/mol. The quantitative estimate of drug-likeness (QED) is 0.0390. The van der Waals surface area contributed by atoms with E-state index < -0.39 is 58.7 Å². The van der Waals surface area contributed by atoms with Crippen LogP contribution in [0.3, 0.4) is 0 Å². The number of piperazine rings is 1. The molecule has 0 aliphatic carbocycles. The number of carbonyl (C=O) groups excluding carboxylic acids is 4. The smallest absolute Gasteiger partial charge is 0.303 e. The highest BCUT2D eigenvalue weighted by molar-refractivity contribution is 5.80. The molecule has 0 unspecified atom stereocenters. The molecule has 22 nitrogen and oxygen atoms in total. The minimum atomic E-state index is -1.32. The standard InChI is InChI=1S/C40H66N6O16/c47-29(5-1-7-31(49)43-39(15-9-33(51)52,16-10-34(53)54)17-11-35(55)56)41-21-3-23-45-25-27-46(28-26-45)24-4-22-42-30(48)6-2-8-32(50)44-40(18-12-36(57)58,19-13-37(59)60)20-14-38(61)62/h1-28H2,(H,41,47)(H,42,48)(H,43,49)(H,44,50)(H,51,52)(H,53,54)(H,55,56)(H,57,58)(H,59,60)(H,61,62). The summed E-state index contributed by atoms with van der Waals surface area (Å²) in [5.74, 6) is -8.54. The first-order valence-electron chi connectivity index (χ1n) is 21.1. The van der Waals surface area contributed by atoms with Crippen LogP contribution in [0.5, 0.6) is 0 Å². The number of nitrogens with zero attached hydrogens (tertiary/aromatic N) is 2. The molecule has 22 heteroatoms. The number of aliphatic carboxylic acids is 6. The summed E-state index contributed by atoms with van der Waals surface area (Å²) in [5.41, 5.74) is -2.64. The number of rotatable bonds is 36. The lowest BCUT2D eigenvalue weighted by Gasteiger charge is -2.34. The molecular formula is C40H66N6O16. The number of carbonyl (C=O) groups is 10. The van der Waals surface area contributed by atoms with Crippen LogP contribution in [0.15, 0.2) is 0 Å². The summed E-state index contributed by atoms with van der Waals surface area (Å²) in [6, 6.07) is 0. The highest BCUT2D eigenvalue weighted by atomic mass is 16.4. The lowest BCUT2D eigenvalue weighted by Crippen LogP contribution is -2.49. The van der Waals surface area contributed by atoms with Gasteiger partial charge in [0.2, 0.25) is 23.6 Å². The van der Waals surface area contributed by atoms with Gasteiger partial charge in [0.15, 0.2) is 0 Å². The highest BCUT2D eigenvalue weighted by Crippen LogP contribution is 2.28. The van der Waals surface area contributed by atoms with E-state index in [2.05, 4.69) is 31.1 Å². The molecule has 1 heterocycles. The van der Waals surface area contributed by atoms with E-state index in [1.165, 1.54) is 0 Å². The van der Waals surface area contributed by atoms with Gasteiger partial charge in [-0.05, 0) is 77.3 Å². The maximum atomic E-state index is 12.7. The van der Waals surface area contributed by atoms with E-state index >= 15 is 0 Å². The molecule has 4 amide bonds. The number of hydrogen-bond donors (Lipinski definition) is 10. The molecule has 1 rings (SSSR count). The van der Waals surface area contributed by atoms with E-state index in [4.69, 9.17) is 30.6 Å². The van der Waals surface area contributed by atoms with Gasteiger partial charge in [0.05, 0.1) is 0 Å². The summed E-state index contributed by atoms with van der Waals surface area (Å²) in [6.07, 6.45) is -1.39. The van der Waals surface area contributed by atoms with Crippen molar-refractivity contribution < 1.29 is 78.6 Å². The molecule has 10 N–H and O–H groups in total. The van der Waals surface area contributed by atoms with Crippen LogP contribution < -0.4 is 21.3 Å². The zero-order valence-corrected chi connectivity index (χ0v) is 35.5. The van der Waals surface area contributed by atoms with Gasteiger partial charge in [-0.3, -0.25) is 47.9 Å². The second-order valence-electron chi connectivity index (χ2n) is 15.8. The van der Waals surface area contributed by atoms with E-state index in [0.29, 0.717) is 25.9 Å². The first-order chi connectivity index (χ1) is 29.2. The number of carboxylic acids is 6. The Morgan fingerprint density at radius 2 is 0.597 bits per heavy atom. The molecule has 0 aromatic rings. The maximum absolute atomic E-state index is 12.7. The fraction of sp³-hybridized carbons (Fsp3) is 0.750. The van der Waals surface area contributed by atoms with Gasteiger partial charge in [0.25, 0.3) is 0 Å². The Balaban J connectivity index is 2.32. The van der Waals surface area contributed by atoms with Crippen LogP contribution in [-0.4, -0.2) is 163 Å². The van der Waals surface area contributed by atoms with Crippen LogP contribution in [0.4, 0.5) is 0 Å². The van der Waals surface area contributed by atoms with Gasteiger partial charge in [-0.25, -0.2) is 0 Å². The normalized spacial score (nSPS) is 13.4. The van der Waals surface area contributed by atoms with E-state index in [1.807, 2.05) is 0 Å². The molecule has 0 saturated carbocycles. The van der Waals surface area contributed by atoms with Crippen LogP contribution in [0.1, 0.15) is 128 Å². The summed E-state index contributed by atoms with van der Waals surface area (Å²) in [6.45, 7) is 5.72. The Morgan fingerprint density at radius 1 is 0.355 bits per heavy atom. The van der Waals surface area contributed by atoms with E-state index in [1.54, 1.807) is 0 Å². The Morgan fingerprint density at radius 3 is 0.839 bits per heavy atom. The Hall–Kier alpha value is -5.38. The van der Waals surface area contributed by atoms with Crippen LogP contribution >= 0.6 is 0 Å². The largest absolute Gasteiger partial charge is 0.481 e. The fourth-order valence-corrected chi connectivity index (χ4v) is 7.21. The minimum Gasteiger partial charge on any atom is -0.481 e. The molecule has 0 aromatic heterocycles. The summed E-state index contributed by atoms with van der Waals surface area (Å²) in [7, 11) is 0. The highest BCUT2D eigenvalue weighted by Gasteiger charge is 2.35. The number of nitrogens with one attached hydrogen (secondary N) is 4. The average Bonchev–Trinajstić information content (AvgIpc) is 3.19. The van der Waals surface area contributed by atoms with E-state index in [9.17, 15) is 47.9 Å². The Bertz CT molecular complexity index is 1320. The fourth-order valence-electron chi connectivity index (χ4n) is 7.21. The minimum absolute atomic E-state index is 0.0589. The van der Waals surface area contributed by atoms with Crippen LogP contribution in [0.2, 0.25) is 0 Å². The van der Waals surface area contributed by atoms with E-state index in [0.717, 1.165) is 39.3 Å². The first kappa shape index (κ1) is 54.6. The SMILES string of the molecule is O=C(O)CCC(CCC(=O)O)(CCC(=O)O)NC(=O)CCCC(=O)NCCCN1CCN(CCCNC(=O)CCCC(=O)NC(CCC(=O)O)(CCC(=O)O)CCC(=O)O)CC1. The predicted molar refractivity (Wildman–Crippen MR) is 219 cm³/mol. The second kappa shape index (κ2) is 29.8. The Labute approximate surface area is 360 Å².